The molecule has 0 spiro atoms. The first-order valence-electron chi connectivity index (χ1n) is 5.02. The molecule has 0 unspecified atom stereocenters. The van der Waals surface area contributed by atoms with Gasteiger partial charge in [-0.3, -0.25) is 0 Å². The van der Waals surface area contributed by atoms with Crippen molar-refractivity contribution in [2.24, 2.45) is 0 Å². The fourth-order valence-electron chi connectivity index (χ4n) is 1.46. The highest BCUT2D eigenvalue weighted by Gasteiger charge is 2.24. The van der Waals surface area contributed by atoms with Gasteiger partial charge in [-0.15, -0.1) is 0 Å². The Balaban J connectivity index is 1.98. The Bertz CT molecular complexity index is 273. The van der Waals surface area contributed by atoms with Crippen LogP contribution in [0.2, 0.25) is 0 Å². The van der Waals surface area contributed by atoms with Gasteiger partial charge in [0.1, 0.15) is 5.82 Å². The fraction of sp³-hybridized carbons (Fsp3) is 0.700. The maximum atomic E-state index is 4.35. The number of aromatic nitrogens is 2. The zero-order valence-electron chi connectivity index (χ0n) is 8.33. The van der Waals surface area contributed by atoms with Gasteiger partial charge in [0.15, 0.2) is 0 Å². The van der Waals surface area contributed by atoms with Crippen LogP contribution in [0.5, 0.6) is 0 Å². The van der Waals surface area contributed by atoms with Gasteiger partial charge < -0.3 is 9.88 Å². The molecular formula is C10H17N3. The lowest BCUT2D eigenvalue weighted by molar-refractivity contribution is 0.548. The summed E-state index contributed by atoms with van der Waals surface area (Å²) in [7, 11) is 0. The highest BCUT2D eigenvalue weighted by molar-refractivity contribution is 4.99. The normalized spacial score (nSPS) is 16.8. The van der Waals surface area contributed by atoms with Crippen molar-refractivity contribution in [1.29, 1.82) is 0 Å². The van der Waals surface area contributed by atoms with Crippen molar-refractivity contribution < 1.29 is 0 Å². The molecule has 1 aliphatic rings. The summed E-state index contributed by atoms with van der Waals surface area (Å²) in [6.45, 7) is 5.20. The maximum absolute atomic E-state index is 4.35. The number of hydrogen-bond donors (Lipinski definition) is 1. The van der Waals surface area contributed by atoms with E-state index in [1.54, 1.807) is 0 Å². The molecule has 13 heavy (non-hydrogen) atoms. The molecule has 0 bridgehead atoms. The van der Waals surface area contributed by atoms with E-state index >= 15 is 0 Å². The molecule has 0 aromatic carbocycles. The van der Waals surface area contributed by atoms with Gasteiger partial charge in [-0.25, -0.2) is 4.98 Å². The van der Waals surface area contributed by atoms with E-state index in [9.17, 15) is 0 Å². The Labute approximate surface area is 79.2 Å². The third kappa shape index (κ3) is 2.10. The Morgan fingerprint density at radius 3 is 3.00 bits per heavy atom. The molecule has 0 atom stereocenters. The first-order valence-corrected chi connectivity index (χ1v) is 5.02. The number of rotatable bonds is 4. The van der Waals surface area contributed by atoms with Crippen LogP contribution in [-0.4, -0.2) is 15.6 Å². The zero-order chi connectivity index (χ0) is 9.26. The molecule has 0 radical (unpaired) electrons. The second kappa shape index (κ2) is 3.50. The zero-order valence-corrected chi connectivity index (χ0v) is 8.33. The van der Waals surface area contributed by atoms with Crippen molar-refractivity contribution in [3.05, 3.63) is 18.2 Å². The summed E-state index contributed by atoms with van der Waals surface area (Å²) in [5, 5.41) is 3.39. The van der Waals surface area contributed by atoms with Crippen LogP contribution < -0.4 is 5.32 Å². The predicted molar refractivity (Wildman–Crippen MR) is 52.5 cm³/mol. The fourth-order valence-corrected chi connectivity index (χ4v) is 1.46. The molecular weight excluding hydrogens is 162 g/mol. The smallest absolute Gasteiger partial charge is 0.122 e. The SMILES string of the molecule is CC(C)NCc1nccn1C1CC1. The van der Waals surface area contributed by atoms with Crippen molar-refractivity contribution in [2.45, 2.75) is 45.3 Å². The van der Waals surface area contributed by atoms with Gasteiger partial charge in [0.2, 0.25) is 0 Å². The summed E-state index contributed by atoms with van der Waals surface area (Å²) < 4.78 is 2.30. The molecule has 0 aliphatic heterocycles. The number of nitrogens with one attached hydrogen (secondary N) is 1. The van der Waals surface area contributed by atoms with Crippen LogP contribution in [0.1, 0.15) is 38.6 Å². The Kier molecular flexibility index (Phi) is 2.36. The molecule has 1 aliphatic carbocycles. The number of imidazole rings is 1. The Hall–Kier alpha value is -0.830. The molecule has 2 rings (SSSR count). The standard InChI is InChI=1S/C10H17N3/c1-8(2)12-7-10-11-5-6-13(10)9-3-4-9/h5-6,8-9,12H,3-4,7H2,1-2H3. The van der Waals surface area contributed by atoms with Gasteiger partial charge in [0.25, 0.3) is 0 Å². The van der Waals surface area contributed by atoms with Crippen LogP contribution in [0, 0.1) is 0 Å². The van der Waals surface area contributed by atoms with Crippen molar-refractivity contribution in [2.75, 3.05) is 0 Å². The quantitative estimate of drug-likeness (QED) is 0.762. The van der Waals surface area contributed by atoms with Crippen LogP contribution in [0.15, 0.2) is 12.4 Å². The molecule has 3 nitrogen and oxygen atoms in total. The van der Waals surface area contributed by atoms with Crippen LogP contribution in [0.3, 0.4) is 0 Å². The summed E-state index contributed by atoms with van der Waals surface area (Å²) in [6.07, 6.45) is 6.64. The van der Waals surface area contributed by atoms with E-state index in [1.807, 2.05) is 6.20 Å². The molecule has 1 aromatic heterocycles. The monoisotopic (exact) mass is 179 g/mol. The number of nitrogens with zero attached hydrogens (tertiary/aromatic N) is 2. The highest BCUT2D eigenvalue weighted by Crippen LogP contribution is 2.35. The van der Waals surface area contributed by atoms with Gasteiger partial charge in [-0.2, -0.15) is 0 Å². The predicted octanol–water partition coefficient (Wildman–Crippen LogP) is 1.72. The molecule has 0 saturated heterocycles. The van der Waals surface area contributed by atoms with Gasteiger partial charge in [-0.05, 0) is 12.8 Å². The summed E-state index contributed by atoms with van der Waals surface area (Å²) in [5.41, 5.74) is 0. The summed E-state index contributed by atoms with van der Waals surface area (Å²) in [5.74, 6) is 1.18. The molecule has 1 saturated carbocycles. The third-order valence-electron chi connectivity index (χ3n) is 2.36. The molecule has 1 N–H and O–H groups in total. The maximum Gasteiger partial charge on any atom is 0.122 e. The molecule has 3 heteroatoms. The average molecular weight is 179 g/mol. The summed E-state index contributed by atoms with van der Waals surface area (Å²) in [6, 6.07) is 1.27. The molecule has 1 fully saturated rings. The summed E-state index contributed by atoms with van der Waals surface area (Å²) >= 11 is 0. The van der Waals surface area contributed by atoms with E-state index in [0.717, 1.165) is 12.6 Å². The molecule has 0 amide bonds. The van der Waals surface area contributed by atoms with Crippen molar-refractivity contribution in [1.82, 2.24) is 14.9 Å². The van der Waals surface area contributed by atoms with Crippen LogP contribution in [-0.2, 0) is 6.54 Å². The van der Waals surface area contributed by atoms with Gasteiger partial charge in [-0.1, -0.05) is 13.8 Å². The summed E-state index contributed by atoms with van der Waals surface area (Å²) in [4.78, 5) is 4.35. The Morgan fingerprint density at radius 1 is 1.62 bits per heavy atom. The average Bonchev–Trinajstić information content (AvgIpc) is 2.82. The first-order chi connectivity index (χ1) is 6.27. The minimum Gasteiger partial charge on any atom is -0.331 e. The van der Waals surface area contributed by atoms with Gasteiger partial charge in [0, 0.05) is 24.5 Å². The van der Waals surface area contributed by atoms with Crippen LogP contribution in [0.4, 0.5) is 0 Å². The first kappa shape index (κ1) is 8.75. The largest absolute Gasteiger partial charge is 0.331 e. The van der Waals surface area contributed by atoms with E-state index in [0.29, 0.717) is 6.04 Å². The topological polar surface area (TPSA) is 29.9 Å². The molecule has 1 heterocycles. The second-order valence-electron chi connectivity index (χ2n) is 4.02. The Morgan fingerprint density at radius 2 is 2.38 bits per heavy atom. The minimum absolute atomic E-state index is 0.532. The molecule has 1 aromatic rings. The van der Waals surface area contributed by atoms with E-state index < -0.39 is 0 Å². The van der Waals surface area contributed by atoms with Gasteiger partial charge in [0.05, 0.1) is 6.54 Å². The van der Waals surface area contributed by atoms with Crippen LogP contribution in [0.25, 0.3) is 0 Å². The van der Waals surface area contributed by atoms with Gasteiger partial charge >= 0.3 is 0 Å². The van der Waals surface area contributed by atoms with E-state index in [-0.39, 0.29) is 0 Å². The van der Waals surface area contributed by atoms with Crippen molar-refractivity contribution in [3.63, 3.8) is 0 Å². The highest BCUT2D eigenvalue weighted by atomic mass is 15.1. The van der Waals surface area contributed by atoms with E-state index in [2.05, 4.69) is 34.9 Å². The van der Waals surface area contributed by atoms with Crippen LogP contribution >= 0.6 is 0 Å². The van der Waals surface area contributed by atoms with E-state index in [1.165, 1.54) is 18.7 Å². The number of hydrogen-bond acceptors (Lipinski definition) is 2. The lowest BCUT2D eigenvalue weighted by atomic mass is 10.4. The van der Waals surface area contributed by atoms with Crippen molar-refractivity contribution >= 4 is 0 Å². The molecule has 72 valence electrons. The lowest BCUT2D eigenvalue weighted by Crippen LogP contribution is -2.23. The minimum atomic E-state index is 0.532. The van der Waals surface area contributed by atoms with Crippen molar-refractivity contribution in [3.8, 4) is 0 Å². The second-order valence-corrected chi connectivity index (χ2v) is 4.02. The lowest BCUT2D eigenvalue weighted by Gasteiger charge is -2.09. The third-order valence-corrected chi connectivity index (χ3v) is 2.36. The van der Waals surface area contributed by atoms with E-state index in [4.69, 9.17) is 0 Å².